The molecule has 3 N–H and O–H groups in total. The van der Waals surface area contributed by atoms with Gasteiger partial charge in [-0.15, -0.1) is 0 Å². The van der Waals surface area contributed by atoms with E-state index in [0.717, 1.165) is 6.07 Å². The zero-order valence-corrected chi connectivity index (χ0v) is 10.0. The van der Waals surface area contributed by atoms with Gasteiger partial charge >= 0.3 is 11.7 Å². The fourth-order valence-corrected chi connectivity index (χ4v) is 1.28. The normalized spacial score (nSPS) is 11.6. The third-order valence-electron chi connectivity index (χ3n) is 2.38. The number of nitro benzene ring substituents is 1. The van der Waals surface area contributed by atoms with Crippen LogP contribution in [0.3, 0.4) is 0 Å². The number of para-hydroxylation sites is 1. The van der Waals surface area contributed by atoms with Crippen LogP contribution in [0.4, 0.5) is 5.69 Å². The Morgan fingerprint density at radius 1 is 1.53 bits per heavy atom. The molecule has 1 aromatic carbocycles. The van der Waals surface area contributed by atoms with Gasteiger partial charge in [-0.1, -0.05) is 13.0 Å². The Morgan fingerprint density at radius 3 is 2.63 bits per heavy atom. The predicted molar refractivity (Wildman–Crippen MR) is 63.9 cm³/mol. The Kier molecular flexibility index (Phi) is 4.41. The Bertz CT molecular complexity index is 496. The third-order valence-corrected chi connectivity index (χ3v) is 2.38. The average molecular weight is 268 g/mol. The topological polar surface area (TPSA) is 133 Å². The van der Waals surface area contributed by atoms with Crippen LogP contribution in [0.5, 0.6) is 5.75 Å². The summed E-state index contributed by atoms with van der Waals surface area (Å²) in [5, 5.41) is 19.8. The van der Waals surface area contributed by atoms with Gasteiger partial charge in [-0.05, 0) is 6.07 Å². The second-order valence-electron chi connectivity index (χ2n) is 3.83. The van der Waals surface area contributed by atoms with Crippen LogP contribution in [0, 0.1) is 16.0 Å². The van der Waals surface area contributed by atoms with Gasteiger partial charge in [0.25, 0.3) is 0 Å². The van der Waals surface area contributed by atoms with Crippen molar-refractivity contribution < 1.29 is 24.4 Å². The van der Waals surface area contributed by atoms with Crippen molar-refractivity contribution in [3.8, 4) is 5.75 Å². The quantitative estimate of drug-likeness (QED) is 0.578. The molecule has 0 saturated heterocycles. The van der Waals surface area contributed by atoms with Gasteiger partial charge in [0.2, 0.25) is 11.7 Å². The number of hydrogen-bond acceptors (Lipinski definition) is 5. The summed E-state index contributed by atoms with van der Waals surface area (Å²) in [4.78, 5) is 31.9. The van der Waals surface area contributed by atoms with E-state index >= 15 is 0 Å². The molecule has 0 saturated carbocycles. The smallest absolute Gasteiger partial charge is 0.339 e. The lowest BCUT2D eigenvalue weighted by molar-refractivity contribution is -0.385. The first-order valence-corrected chi connectivity index (χ1v) is 5.27. The minimum atomic E-state index is -1.36. The number of nitro groups is 1. The van der Waals surface area contributed by atoms with Crippen molar-refractivity contribution in [3.05, 3.63) is 33.9 Å². The molecule has 0 fully saturated rings. The molecule has 0 aliphatic heterocycles. The number of hydrogen-bond donors (Lipinski definition) is 2. The molecule has 8 heteroatoms. The van der Waals surface area contributed by atoms with Crippen molar-refractivity contribution >= 4 is 17.6 Å². The van der Waals surface area contributed by atoms with E-state index in [1.165, 1.54) is 19.1 Å². The summed E-state index contributed by atoms with van der Waals surface area (Å²) in [6.07, 6.45) is 0. The van der Waals surface area contributed by atoms with Crippen LogP contribution in [0.15, 0.2) is 18.2 Å². The monoisotopic (exact) mass is 268 g/mol. The summed E-state index contributed by atoms with van der Waals surface area (Å²) in [7, 11) is 0. The highest BCUT2D eigenvalue weighted by Crippen LogP contribution is 2.31. The van der Waals surface area contributed by atoms with Crippen LogP contribution in [0.1, 0.15) is 17.3 Å². The molecule has 1 aromatic rings. The van der Waals surface area contributed by atoms with E-state index in [2.05, 4.69) is 0 Å². The number of nitrogens with two attached hydrogens (primary N) is 1. The van der Waals surface area contributed by atoms with E-state index in [4.69, 9.17) is 15.6 Å². The molecular weight excluding hydrogens is 256 g/mol. The van der Waals surface area contributed by atoms with Gasteiger partial charge in [0.05, 0.1) is 17.4 Å². The van der Waals surface area contributed by atoms with Crippen LogP contribution in [-0.4, -0.2) is 28.5 Å². The Morgan fingerprint density at radius 2 is 2.16 bits per heavy atom. The maximum Gasteiger partial charge on any atom is 0.339 e. The molecule has 1 rings (SSSR count). The molecule has 0 aliphatic rings. The van der Waals surface area contributed by atoms with Gasteiger partial charge in [-0.25, -0.2) is 4.79 Å². The number of carboxylic acid groups (broad SMARTS) is 1. The highest BCUT2D eigenvalue weighted by atomic mass is 16.6. The number of carbonyl (C=O) groups is 2. The number of aromatic carboxylic acids is 1. The van der Waals surface area contributed by atoms with Gasteiger partial charge in [0.15, 0.2) is 0 Å². The van der Waals surface area contributed by atoms with Crippen LogP contribution in [0.2, 0.25) is 0 Å². The molecule has 0 bridgehead atoms. The number of primary amides is 1. The van der Waals surface area contributed by atoms with Gasteiger partial charge in [-0.2, -0.15) is 0 Å². The molecule has 0 heterocycles. The summed E-state index contributed by atoms with van der Waals surface area (Å²) in [5.74, 6) is -3.07. The maximum atomic E-state index is 11.0. The van der Waals surface area contributed by atoms with Crippen molar-refractivity contribution in [2.75, 3.05) is 6.61 Å². The van der Waals surface area contributed by atoms with Crippen molar-refractivity contribution in [1.29, 1.82) is 0 Å². The molecule has 0 spiro atoms. The van der Waals surface area contributed by atoms with Gasteiger partial charge in [0, 0.05) is 6.07 Å². The Hall–Kier alpha value is -2.64. The minimum absolute atomic E-state index is 0.236. The third kappa shape index (κ3) is 3.41. The lowest BCUT2D eigenvalue weighted by Crippen LogP contribution is -2.26. The molecule has 1 atom stereocenters. The molecule has 8 nitrogen and oxygen atoms in total. The van der Waals surface area contributed by atoms with Crippen LogP contribution >= 0.6 is 0 Å². The molecule has 102 valence electrons. The number of nitrogens with zero attached hydrogens (tertiary/aromatic N) is 1. The fourth-order valence-electron chi connectivity index (χ4n) is 1.28. The number of benzene rings is 1. The summed E-state index contributed by atoms with van der Waals surface area (Å²) in [5.41, 5.74) is 4.21. The van der Waals surface area contributed by atoms with E-state index in [1.54, 1.807) is 0 Å². The van der Waals surface area contributed by atoms with Gasteiger partial charge in [0.1, 0.15) is 5.56 Å². The zero-order chi connectivity index (χ0) is 14.6. The zero-order valence-electron chi connectivity index (χ0n) is 10.0. The molecule has 0 aliphatic carbocycles. The first-order valence-electron chi connectivity index (χ1n) is 5.27. The van der Waals surface area contributed by atoms with E-state index in [-0.39, 0.29) is 17.9 Å². The molecule has 1 unspecified atom stereocenters. The summed E-state index contributed by atoms with van der Waals surface area (Å²) >= 11 is 0. The van der Waals surface area contributed by atoms with Crippen molar-refractivity contribution in [2.45, 2.75) is 6.92 Å². The number of carboxylic acids is 1. The summed E-state index contributed by atoms with van der Waals surface area (Å²) in [6, 6.07) is 3.54. The van der Waals surface area contributed by atoms with E-state index in [0.29, 0.717) is 0 Å². The van der Waals surface area contributed by atoms with Crippen molar-refractivity contribution in [2.24, 2.45) is 11.7 Å². The van der Waals surface area contributed by atoms with Crippen molar-refractivity contribution in [1.82, 2.24) is 0 Å². The SMILES string of the molecule is CC(COc1c(C(=O)O)cccc1[N+](=O)[O-])C(N)=O. The Labute approximate surface area is 107 Å². The van der Waals surface area contributed by atoms with E-state index < -0.39 is 28.4 Å². The molecular formula is C11H12N2O6. The maximum absolute atomic E-state index is 11.0. The minimum Gasteiger partial charge on any atom is -0.485 e. The van der Waals surface area contributed by atoms with E-state index in [9.17, 15) is 19.7 Å². The van der Waals surface area contributed by atoms with Crippen LogP contribution in [0.25, 0.3) is 0 Å². The second-order valence-corrected chi connectivity index (χ2v) is 3.83. The number of ether oxygens (including phenoxy) is 1. The first kappa shape index (κ1) is 14.4. The highest BCUT2D eigenvalue weighted by molar-refractivity contribution is 5.92. The second kappa shape index (κ2) is 5.80. The summed E-state index contributed by atoms with van der Waals surface area (Å²) < 4.78 is 5.09. The largest absolute Gasteiger partial charge is 0.485 e. The molecule has 1 amide bonds. The van der Waals surface area contributed by atoms with Gasteiger partial charge in [-0.3, -0.25) is 14.9 Å². The Balaban J connectivity index is 3.11. The highest BCUT2D eigenvalue weighted by Gasteiger charge is 2.24. The predicted octanol–water partition coefficient (Wildman–Crippen LogP) is 0.793. The number of rotatable bonds is 6. The molecule has 19 heavy (non-hydrogen) atoms. The number of carbonyl (C=O) groups excluding carboxylic acids is 1. The first-order chi connectivity index (χ1) is 8.84. The van der Waals surface area contributed by atoms with E-state index in [1.807, 2.05) is 0 Å². The average Bonchev–Trinajstić information content (AvgIpc) is 2.34. The van der Waals surface area contributed by atoms with Crippen LogP contribution in [-0.2, 0) is 4.79 Å². The standard InChI is InChI=1S/C11H12N2O6/c1-6(10(12)14)5-19-9-7(11(15)16)3-2-4-8(9)13(17)18/h2-4,6H,5H2,1H3,(H2,12,14)(H,15,16). The lowest BCUT2D eigenvalue weighted by atomic mass is 10.1. The molecule has 0 radical (unpaired) electrons. The van der Waals surface area contributed by atoms with Gasteiger partial charge < -0.3 is 15.6 Å². The lowest BCUT2D eigenvalue weighted by Gasteiger charge is -2.12. The van der Waals surface area contributed by atoms with Crippen molar-refractivity contribution in [3.63, 3.8) is 0 Å². The molecule has 0 aromatic heterocycles. The fraction of sp³-hybridized carbons (Fsp3) is 0.273. The van der Waals surface area contributed by atoms with Crippen LogP contribution < -0.4 is 10.5 Å². The number of amides is 1. The summed E-state index contributed by atoms with van der Waals surface area (Å²) in [6.45, 7) is 1.23.